The Morgan fingerprint density at radius 2 is 1.61 bits per heavy atom. The van der Waals surface area contributed by atoms with Gasteiger partial charge in [0.1, 0.15) is 21.8 Å². The third-order valence-electron chi connectivity index (χ3n) is 6.29. The number of hydrogen-bond acceptors (Lipinski definition) is 15. The Bertz CT molecular complexity index is 1890. The van der Waals surface area contributed by atoms with Crippen molar-refractivity contribution < 1.29 is 9.13 Å². The Morgan fingerprint density at radius 1 is 0.891 bits per heavy atom. The number of thioether (sulfide) groups is 1. The SMILES string of the molecule is COc1nc(F)nc(NCCNc2nc(Nc3ccccc3)c(C#N)c(C)c2N=NC2=C(C#N)CC(=NNc3ccccc3)S2)n1. The molecule has 3 heterocycles. The zero-order valence-electron chi connectivity index (χ0n) is 24.6. The largest absolute Gasteiger partial charge is 0.467 e. The number of hydrazone groups is 1. The maximum Gasteiger partial charge on any atom is 0.323 e. The zero-order valence-corrected chi connectivity index (χ0v) is 25.4. The molecule has 0 spiro atoms. The minimum atomic E-state index is -0.981. The Labute approximate surface area is 267 Å². The molecule has 0 bridgehead atoms. The fraction of sp³-hybridized carbons (Fsp3) is 0.167. The van der Waals surface area contributed by atoms with Crippen LogP contribution < -0.4 is 26.1 Å². The number of methoxy groups -OCH3 is 1. The van der Waals surface area contributed by atoms with Crippen LogP contribution in [-0.2, 0) is 0 Å². The fourth-order valence-corrected chi connectivity index (χ4v) is 4.94. The van der Waals surface area contributed by atoms with Crippen molar-refractivity contribution in [3.8, 4) is 18.1 Å². The minimum absolute atomic E-state index is 0.00471. The first-order valence-corrected chi connectivity index (χ1v) is 14.6. The van der Waals surface area contributed by atoms with Gasteiger partial charge in [0, 0.05) is 30.8 Å². The highest BCUT2D eigenvalue weighted by Gasteiger charge is 2.23. The number of nitrogens with zero attached hydrogens (tertiary/aromatic N) is 9. The Kier molecular flexibility index (Phi) is 10.2. The number of allylic oxidation sites excluding steroid dienone is 1. The number of para-hydroxylation sites is 2. The number of benzene rings is 2. The molecule has 4 N–H and O–H groups in total. The molecule has 0 atom stereocenters. The van der Waals surface area contributed by atoms with Gasteiger partial charge in [-0.05, 0) is 43.0 Å². The maximum absolute atomic E-state index is 13.7. The van der Waals surface area contributed by atoms with E-state index >= 15 is 0 Å². The molecule has 16 heteroatoms. The standard InChI is InChI=1S/C30H26FN13OS/c1-18-22(17-33)25(36-20-9-5-3-6-10-20)37-26(34-13-14-35-29-38-28(31)39-30(40-29)45-2)24(18)43-44-27-19(16-32)15-23(46-27)42-41-21-11-7-4-8-12-21/h3-12,41H,13-15H2,1-2H3,(H2,34,36,37)(H,35,38,39,40). The second kappa shape index (κ2) is 15.0. The molecular formula is C30H26FN13OS. The van der Waals surface area contributed by atoms with Gasteiger partial charge in [-0.1, -0.05) is 36.4 Å². The van der Waals surface area contributed by atoms with Crippen LogP contribution in [-0.4, -0.2) is 45.2 Å². The summed E-state index contributed by atoms with van der Waals surface area (Å²) in [5, 5.41) is 43.4. The van der Waals surface area contributed by atoms with Gasteiger partial charge >= 0.3 is 12.1 Å². The third-order valence-corrected chi connectivity index (χ3v) is 7.29. The number of anilines is 5. The number of pyridine rings is 1. The van der Waals surface area contributed by atoms with Crippen LogP contribution in [0.15, 0.2) is 86.6 Å². The molecule has 46 heavy (non-hydrogen) atoms. The molecule has 0 aliphatic carbocycles. The average Bonchev–Trinajstić information content (AvgIpc) is 3.48. The molecule has 2 aromatic heterocycles. The first-order valence-electron chi connectivity index (χ1n) is 13.8. The number of aromatic nitrogens is 4. The summed E-state index contributed by atoms with van der Waals surface area (Å²) in [7, 11) is 1.32. The first-order chi connectivity index (χ1) is 22.5. The van der Waals surface area contributed by atoms with Crippen molar-refractivity contribution in [1.82, 2.24) is 19.9 Å². The number of azo groups is 1. The summed E-state index contributed by atoms with van der Waals surface area (Å²) in [5.41, 5.74) is 6.04. The van der Waals surface area contributed by atoms with Crippen molar-refractivity contribution in [2.45, 2.75) is 13.3 Å². The predicted octanol–water partition coefficient (Wildman–Crippen LogP) is 6.24. The van der Waals surface area contributed by atoms with E-state index in [0.717, 1.165) is 11.4 Å². The van der Waals surface area contributed by atoms with Gasteiger partial charge in [-0.25, -0.2) is 4.98 Å². The number of rotatable bonds is 12. The molecule has 0 saturated carbocycles. The summed E-state index contributed by atoms with van der Waals surface area (Å²) in [4.78, 5) is 15.7. The van der Waals surface area contributed by atoms with Crippen molar-refractivity contribution in [2.75, 3.05) is 41.6 Å². The second-order valence-corrected chi connectivity index (χ2v) is 10.4. The molecule has 14 nitrogen and oxygen atoms in total. The van der Waals surface area contributed by atoms with E-state index in [9.17, 15) is 14.9 Å². The Hall–Kier alpha value is -6.13. The fourth-order valence-electron chi connectivity index (χ4n) is 4.08. The molecule has 0 unspecified atom stereocenters. The molecule has 0 amide bonds. The lowest BCUT2D eigenvalue weighted by Gasteiger charge is -2.16. The van der Waals surface area contributed by atoms with E-state index < -0.39 is 6.08 Å². The van der Waals surface area contributed by atoms with E-state index in [4.69, 9.17) is 4.74 Å². The normalized spacial score (nSPS) is 13.4. The van der Waals surface area contributed by atoms with Gasteiger partial charge < -0.3 is 20.7 Å². The lowest BCUT2D eigenvalue weighted by molar-refractivity contribution is 0.363. The van der Waals surface area contributed by atoms with Crippen LogP contribution in [0.4, 0.5) is 39.0 Å². The zero-order chi connectivity index (χ0) is 32.3. The van der Waals surface area contributed by atoms with Crippen molar-refractivity contribution >= 4 is 51.5 Å². The summed E-state index contributed by atoms with van der Waals surface area (Å²) in [5.74, 6) is 0.634. The van der Waals surface area contributed by atoms with Crippen LogP contribution in [0.1, 0.15) is 17.5 Å². The molecule has 2 aromatic carbocycles. The highest BCUT2D eigenvalue weighted by molar-refractivity contribution is 8.17. The van der Waals surface area contributed by atoms with Crippen LogP contribution in [0.3, 0.4) is 0 Å². The van der Waals surface area contributed by atoms with Gasteiger partial charge in [-0.3, -0.25) is 5.43 Å². The van der Waals surface area contributed by atoms with Gasteiger partial charge in [0.2, 0.25) is 5.95 Å². The van der Waals surface area contributed by atoms with Crippen molar-refractivity contribution in [2.24, 2.45) is 15.3 Å². The first kappa shape index (κ1) is 31.3. The van der Waals surface area contributed by atoms with Gasteiger partial charge in [0.15, 0.2) is 11.6 Å². The van der Waals surface area contributed by atoms with Gasteiger partial charge in [-0.2, -0.15) is 30.0 Å². The van der Waals surface area contributed by atoms with Gasteiger partial charge in [0.05, 0.1) is 30.0 Å². The number of nitriles is 2. The lowest BCUT2D eigenvalue weighted by atomic mass is 10.1. The molecule has 1 aliphatic heterocycles. The highest BCUT2D eigenvalue weighted by atomic mass is 32.2. The number of hydrogen-bond donors (Lipinski definition) is 4. The van der Waals surface area contributed by atoms with E-state index in [-0.39, 0.29) is 30.6 Å². The molecule has 1 aliphatic rings. The van der Waals surface area contributed by atoms with E-state index in [1.54, 1.807) is 6.92 Å². The molecule has 0 radical (unpaired) electrons. The van der Waals surface area contributed by atoms with E-state index in [2.05, 4.69) is 68.8 Å². The van der Waals surface area contributed by atoms with Crippen LogP contribution in [0.2, 0.25) is 0 Å². The molecule has 5 rings (SSSR count). The number of nitrogens with one attached hydrogen (secondary N) is 4. The van der Waals surface area contributed by atoms with E-state index in [1.165, 1.54) is 18.9 Å². The molecule has 0 fully saturated rings. The van der Waals surface area contributed by atoms with Crippen LogP contribution in [0, 0.1) is 35.7 Å². The van der Waals surface area contributed by atoms with Crippen LogP contribution >= 0.6 is 11.8 Å². The molecule has 0 saturated heterocycles. The average molecular weight is 636 g/mol. The summed E-state index contributed by atoms with van der Waals surface area (Å²) < 4.78 is 18.6. The van der Waals surface area contributed by atoms with Crippen molar-refractivity contribution in [1.29, 1.82) is 10.5 Å². The highest BCUT2D eigenvalue weighted by Crippen LogP contribution is 2.39. The molecule has 230 valence electrons. The monoisotopic (exact) mass is 635 g/mol. The molecule has 4 aromatic rings. The summed E-state index contributed by atoms with van der Waals surface area (Å²) in [6.45, 7) is 2.26. The predicted molar refractivity (Wildman–Crippen MR) is 174 cm³/mol. The number of ether oxygens (including phenoxy) is 1. The van der Waals surface area contributed by atoms with Crippen LogP contribution in [0.5, 0.6) is 6.01 Å². The summed E-state index contributed by atoms with van der Waals surface area (Å²) >= 11 is 1.23. The maximum atomic E-state index is 13.7. The second-order valence-electron chi connectivity index (χ2n) is 9.39. The van der Waals surface area contributed by atoms with E-state index in [0.29, 0.717) is 45.0 Å². The quantitative estimate of drug-likeness (QED) is 0.0778. The third kappa shape index (κ3) is 7.87. The summed E-state index contributed by atoms with van der Waals surface area (Å²) in [6.07, 6.45) is -0.680. The van der Waals surface area contributed by atoms with Crippen LogP contribution in [0.25, 0.3) is 0 Å². The lowest BCUT2D eigenvalue weighted by Crippen LogP contribution is -2.17. The van der Waals surface area contributed by atoms with E-state index in [1.807, 2.05) is 60.7 Å². The minimum Gasteiger partial charge on any atom is -0.467 e. The van der Waals surface area contributed by atoms with Gasteiger partial charge in [0.25, 0.3) is 0 Å². The smallest absolute Gasteiger partial charge is 0.323 e. The number of halogens is 1. The molecular weight excluding hydrogens is 609 g/mol. The van der Waals surface area contributed by atoms with Crippen molar-refractivity contribution in [3.63, 3.8) is 0 Å². The topological polar surface area (TPSA) is 194 Å². The Morgan fingerprint density at radius 3 is 2.30 bits per heavy atom. The Balaban J connectivity index is 1.40. The summed E-state index contributed by atoms with van der Waals surface area (Å²) in [6, 6.07) is 23.0. The van der Waals surface area contributed by atoms with Gasteiger partial charge in [-0.15, -0.1) is 15.2 Å². The van der Waals surface area contributed by atoms with Crippen molar-refractivity contribution in [3.05, 3.63) is 88.5 Å².